The van der Waals surface area contributed by atoms with Gasteiger partial charge in [-0.1, -0.05) is 6.07 Å². The Kier molecular flexibility index (Phi) is 22.7. The third-order valence-corrected chi connectivity index (χ3v) is 1.41. The number of nitrogens with one attached hydrogen (secondary N) is 1. The minimum Gasteiger partial charge on any atom is -0.759 e. The van der Waals surface area contributed by atoms with Crippen molar-refractivity contribution in [2.75, 3.05) is 0 Å². The van der Waals surface area contributed by atoms with Crippen molar-refractivity contribution >= 4 is 10.4 Å². The van der Waals surface area contributed by atoms with Crippen LogP contribution in [0.5, 0.6) is 0 Å². The van der Waals surface area contributed by atoms with E-state index < -0.39 is 10.4 Å². The van der Waals surface area contributed by atoms with Crippen LogP contribution in [0.4, 0.5) is 0 Å². The van der Waals surface area contributed by atoms with Gasteiger partial charge in [-0.2, -0.15) is 0 Å². The Bertz CT molecular complexity index is 514. The molecule has 2 aromatic heterocycles. The zero-order chi connectivity index (χ0) is 12.0. The van der Waals surface area contributed by atoms with Crippen molar-refractivity contribution in [1.82, 2.24) is 15.0 Å². The molecule has 0 spiro atoms. The minimum absolute atomic E-state index is 0. The summed E-state index contributed by atoms with van der Waals surface area (Å²) in [5.41, 5.74) is 0.873. The van der Waals surface area contributed by atoms with Crippen molar-refractivity contribution in [2.45, 2.75) is 0 Å². The number of hydrogen-bond acceptors (Lipinski definition) is 6. The fourth-order valence-corrected chi connectivity index (χ4v) is 0.908. The first kappa shape index (κ1) is 31.8. The first-order valence-electron chi connectivity index (χ1n) is 4.04. The van der Waals surface area contributed by atoms with Crippen LogP contribution >= 0.6 is 0 Å². The number of H-pyrrole nitrogens is 1. The number of pyridine rings is 1. The monoisotopic (exact) mass is 373 g/mol. The molecule has 0 amide bonds. The van der Waals surface area contributed by atoms with Crippen LogP contribution in [0.3, 0.4) is 0 Å². The molecule has 21 heavy (non-hydrogen) atoms. The summed E-state index contributed by atoms with van der Waals surface area (Å²) in [5, 5.41) is 0. The first-order chi connectivity index (χ1) is 7.47. The third kappa shape index (κ3) is 16.5. The average molecular weight is 373 g/mol. The van der Waals surface area contributed by atoms with Gasteiger partial charge in [0.05, 0.1) is 0 Å². The largest absolute Gasteiger partial charge is 2.00 e. The van der Waals surface area contributed by atoms with Gasteiger partial charge in [0, 0.05) is 29.0 Å². The van der Waals surface area contributed by atoms with E-state index in [0.29, 0.717) is 0 Å². The van der Waals surface area contributed by atoms with Gasteiger partial charge in [-0.25, -0.2) is 4.98 Å². The van der Waals surface area contributed by atoms with Gasteiger partial charge < -0.3 is 36.0 Å². The van der Waals surface area contributed by atoms with Crippen LogP contribution in [0.2, 0.25) is 0 Å². The molecule has 0 fully saturated rings. The first-order valence-corrected chi connectivity index (χ1v) is 5.37. The maximum atomic E-state index is 8.52. The van der Waals surface area contributed by atoms with E-state index in [4.69, 9.17) is 17.5 Å². The molecule has 0 saturated carbocycles. The van der Waals surface area contributed by atoms with Crippen molar-refractivity contribution in [3.8, 4) is 11.5 Å². The summed E-state index contributed by atoms with van der Waals surface area (Å²) in [6.45, 7) is 0. The van der Waals surface area contributed by atoms with Crippen molar-refractivity contribution < 1.29 is 56.5 Å². The van der Waals surface area contributed by atoms with E-state index in [-0.39, 0.29) is 39.0 Å². The predicted molar refractivity (Wildman–Crippen MR) is 71.8 cm³/mol. The number of imidazole rings is 1. The summed E-state index contributed by atoms with van der Waals surface area (Å²) in [5.74, 6) is 0.811. The normalized spacial score (nSPS) is 7.90. The molecule has 0 aromatic carbocycles. The van der Waals surface area contributed by atoms with E-state index >= 15 is 0 Å². The quantitative estimate of drug-likeness (QED) is 0.229. The molecule has 0 bridgehead atoms. The molecule has 0 radical (unpaired) electrons. The third-order valence-electron chi connectivity index (χ3n) is 1.41. The number of aromatic amines is 1. The molecule has 2 aromatic rings. The van der Waals surface area contributed by atoms with Gasteiger partial charge in [-0.3, -0.25) is 13.4 Å². The van der Waals surface area contributed by atoms with E-state index in [0.717, 1.165) is 11.5 Å². The molecule has 0 atom stereocenters. The average Bonchev–Trinajstić information content (AvgIpc) is 2.69. The molecular weight excluding hydrogens is 354 g/mol. The van der Waals surface area contributed by atoms with Crippen molar-refractivity contribution in [3.63, 3.8) is 0 Å². The van der Waals surface area contributed by atoms with Gasteiger partial charge in [0.25, 0.3) is 0 Å². The zero-order valence-electron chi connectivity index (χ0n) is 10.6. The molecule has 0 aliphatic heterocycles. The van der Waals surface area contributed by atoms with Crippen LogP contribution in [0.25, 0.3) is 11.5 Å². The van der Waals surface area contributed by atoms with Gasteiger partial charge in [-0.15, -0.1) is 0 Å². The van der Waals surface area contributed by atoms with Gasteiger partial charge >= 0.3 is 17.1 Å². The van der Waals surface area contributed by atoms with Gasteiger partial charge in [0.15, 0.2) is 5.82 Å². The Morgan fingerprint density at radius 1 is 0.952 bits per heavy atom. The fraction of sp³-hybridized carbons (Fsp3) is 0. The summed E-state index contributed by atoms with van der Waals surface area (Å²) < 4.78 is 34.1. The smallest absolute Gasteiger partial charge is 0.759 e. The molecule has 0 saturated heterocycles. The Labute approximate surface area is 130 Å². The molecular formula is C8H19FeN3O8S+4. The molecule has 13 heteroatoms. The second-order valence-electron chi connectivity index (χ2n) is 2.56. The van der Waals surface area contributed by atoms with Crippen LogP contribution in [0.15, 0.2) is 36.8 Å². The zero-order valence-corrected chi connectivity index (χ0v) is 12.5. The number of nitrogens with zero attached hydrogens (tertiary/aromatic N) is 2. The maximum absolute atomic E-state index is 8.52. The van der Waals surface area contributed by atoms with Crippen LogP contribution in [-0.4, -0.2) is 32.5 Å². The SMILES string of the molecule is O=S(=O)([O-])[O-].[Fe+2].[OH3+].[OH3+].[OH3+].[OH3+].c1ccc(-c2ncc[nH]2)nc1. The topological polar surface area (TPSA) is 254 Å². The van der Waals surface area contributed by atoms with E-state index in [1.807, 2.05) is 18.2 Å². The van der Waals surface area contributed by atoms with E-state index in [9.17, 15) is 0 Å². The molecule has 2 rings (SSSR count). The number of aromatic nitrogens is 3. The van der Waals surface area contributed by atoms with E-state index in [1.165, 1.54) is 0 Å². The minimum atomic E-state index is -5.17. The summed E-state index contributed by atoms with van der Waals surface area (Å²) in [6.07, 6.45) is 5.24. The van der Waals surface area contributed by atoms with Crippen LogP contribution in [0, 0.1) is 0 Å². The van der Waals surface area contributed by atoms with E-state index in [1.54, 1.807) is 18.6 Å². The van der Waals surface area contributed by atoms with Gasteiger partial charge in [0.1, 0.15) is 5.69 Å². The molecule has 0 aliphatic carbocycles. The van der Waals surface area contributed by atoms with Crippen LogP contribution < -0.4 is 0 Å². The molecule has 124 valence electrons. The van der Waals surface area contributed by atoms with Crippen LogP contribution in [0.1, 0.15) is 0 Å². The van der Waals surface area contributed by atoms with Gasteiger partial charge in [0.2, 0.25) is 0 Å². The number of rotatable bonds is 1. The summed E-state index contributed by atoms with van der Waals surface area (Å²) in [6, 6.07) is 5.73. The van der Waals surface area contributed by atoms with Crippen molar-refractivity contribution in [3.05, 3.63) is 36.8 Å². The van der Waals surface area contributed by atoms with Crippen LogP contribution in [-0.2, 0) is 49.4 Å². The maximum Gasteiger partial charge on any atom is 2.00 e. The number of hydrogen-bond donors (Lipinski definition) is 1. The Hall–Kier alpha value is -1.41. The van der Waals surface area contributed by atoms with E-state index in [2.05, 4.69) is 15.0 Å². The van der Waals surface area contributed by atoms with Crippen molar-refractivity contribution in [2.24, 2.45) is 0 Å². The van der Waals surface area contributed by atoms with Gasteiger partial charge in [-0.05, 0) is 12.1 Å². The molecule has 0 unspecified atom stereocenters. The Morgan fingerprint density at radius 2 is 1.48 bits per heavy atom. The predicted octanol–water partition coefficient (Wildman–Crippen LogP) is -3.56. The Morgan fingerprint density at radius 3 is 1.81 bits per heavy atom. The summed E-state index contributed by atoms with van der Waals surface area (Å²) in [4.78, 5) is 11.2. The standard InChI is InChI=1S/C8H7N3.Fe.H2O4S.4H2O/c1-2-4-9-7(3-1)8-10-5-6-11-8;;1-5(2,3)4;;;;/h1-6H,(H,10,11);;(H2,1,2,3,4);4*1H2/q;+2;;;;;/p+2. The summed E-state index contributed by atoms with van der Waals surface area (Å²) in [7, 11) is -5.17. The second kappa shape index (κ2) is 15.0. The van der Waals surface area contributed by atoms with Crippen molar-refractivity contribution in [1.29, 1.82) is 0 Å². The summed E-state index contributed by atoms with van der Waals surface area (Å²) >= 11 is 0. The second-order valence-corrected chi connectivity index (χ2v) is 3.38. The molecule has 11 nitrogen and oxygen atoms in total. The Balaban J connectivity index is -0.0000000773. The fourth-order valence-electron chi connectivity index (χ4n) is 0.908. The molecule has 0 aliphatic rings. The molecule has 13 N–H and O–H groups in total. The molecule has 2 heterocycles.